The van der Waals surface area contributed by atoms with Crippen molar-refractivity contribution in [1.82, 2.24) is 4.98 Å². The molecule has 35 heavy (non-hydrogen) atoms. The Morgan fingerprint density at radius 1 is 1.29 bits per heavy atom. The van der Waals surface area contributed by atoms with E-state index < -0.39 is 0 Å². The number of carbonyl (C=O) groups excluding carboxylic acids is 2. The van der Waals surface area contributed by atoms with Gasteiger partial charge in [0.25, 0.3) is 0 Å². The highest BCUT2D eigenvalue weighted by molar-refractivity contribution is 6.00. The lowest BCUT2D eigenvalue weighted by Crippen LogP contribution is -2.41. The number of fused-ring (bicyclic) bond motifs is 4. The lowest BCUT2D eigenvalue weighted by atomic mass is 9.64. The van der Waals surface area contributed by atoms with Gasteiger partial charge in [-0.25, -0.2) is 0 Å². The number of rotatable bonds is 3. The average molecular weight is 472 g/mol. The second-order valence-corrected chi connectivity index (χ2v) is 10.5. The van der Waals surface area contributed by atoms with Crippen molar-refractivity contribution in [2.45, 2.75) is 51.2 Å². The molecular formula is C29H29NO5. The molecule has 0 saturated heterocycles. The van der Waals surface area contributed by atoms with Crippen LogP contribution in [0.4, 0.5) is 0 Å². The largest absolute Gasteiger partial charge is 0.489 e. The van der Waals surface area contributed by atoms with Crippen LogP contribution in [0.15, 0.2) is 71.8 Å². The summed E-state index contributed by atoms with van der Waals surface area (Å²) >= 11 is 0. The molecule has 1 N–H and O–H groups in total. The Morgan fingerprint density at radius 2 is 2.14 bits per heavy atom. The second-order valence-electron chi connectivity index (χ2n) is 10.5. The summed E-state index contributed by atoms with van der Waals surface area (Å²) in [4.78, 5) is 29.2. The van der Waals surface area contributed by atoms with Gasteiger partial charge in [0.1, 0.15) is 18.0 Å². The Bertz CT molecular complexity index is 1320. The first-order valence-electron chi connectivity index (χ1n) is 12.3. The molecular weight excluding hydrogens is 442 g/mol. The topological polar surface area (TPSA) is 85.7 Å². The maximum atomic E-state index is 12.7. The van der Waals surface area contributed by atoms with Crippen molar-refractivity contribution in [3.05, 3.63) is 77.4 Å². The van der Waals surface area contributed by atoms with E-state index in [0.717, 1.165) is 21.9 Å². The van der Waals surface area contributed by atoms with Crippen LogP contribution in [0, 0.1) is 17.3 Å². The van der Waals surface area contributed by atoms with Gasteiger partial charge < -0.3 is 14.6 Å². The number of aliphatic hydroxyl groups is 1. The number of allylic oxidation sites excluding steroid dienone is 4. The Balaban J connectivity index is 1.45. The van der Waals surface area contributed by atoms with Gasteiger partial charge in [0.05, 0.1) is 5.57 Å². The zero-order valence-corrected chi connectivity index (χ0v) is 19.9. The minimum absolute atomic E-state index is 0.0271. The van der Waals surface area contributed by atoms with Crippen molar-refractivity contribution < 1.29 is 24.2 Å². The van der Waals surface area contributed by atoms with E-state index in [0.29, 0.717) is 30.6 Å². The number of pyridine rings is 1. The summed E-state index contributed by atoms with van der Waals surface area (Å²) in [5, 5.41) is 11.8. The molecule has 0 amide bonds. The van der Waals surface area contributed by atoms with E-state index in [4.69, 9.17) is 9.47 Å². The third kappa shape index (κ3) is 3.46. The maximum absolute atomic E-state index is 12.7. The summed E-state index contributed by atoms with van der Waals surface area (Å²) in [6.07, 6.45) is 11.0. The number of hydrogen-bond donors (Lipinski definition) is 1. The smallest absolute Gasteiger partial charge is 0.302 e. The Labute approximate surface area is 204 Å². The normalized spacial score (nSPS) is 33.5. The predicted molar refractivity (Wildman–Crippen MR) is 130 cm³/mol. The van der Waals surface area contributed by atoms with Crippen LogP contribution in [0.2, 0.25) is 0 Å². The van der Waals surface area contributed by atoms with Gasteiger partial charge >= 0.3 is 5.97 Å². The first kappa shape index (κ1) is 22.2. The minimum Gasteiger partial charge on any atom is -0.489 e. The van der Waals surface area contributed by atoms with Crippen molar-refractivity contribution >= 4 is 22.5 Å². The fourth-order valence-electron chi connectivity index (χ4n) is 6.81. The van der Waals surface area contributed by atoms with Gasteiger partial charge in [-0.05, 0) is 41.0 Å². The highest BCUT2D eigenvalue weighted by Gasteiger charge is 2.58. The molecule has 0 radical (unpaired) electrons. The highest BCUT2D eigenvalue weighted by atomic mass is 16.5. The average Bonchev–Trinajstić information content (AvgIpc) is 3.14. The third-order valence-corrected chi connectivity index (χ3v) is 8.41. The van der Waals surface area contributed by atoms with Crippen molar-refractivity contribution in [2.24, 2.45) is 17.3 Å². The number of ketones is 1. The number of carbonyl (C=O) groups is 2. The molecule has 0 spiro atoms. The van der Waals surface area contributed by atoms with E-state index in [9.17, 15) is 14.7 Å². The van der Waals surface area contributed by atoms with Gasteiger partial charge in [-0.2, -0.15) is 0 Å². The zero-order valence-electron chi connectivity index (χ0n) is 19.9. The molecule has 1 aromatic carbocycles. The zero-order chi connectivity index (χ0) is 24.3. The molecule has 1 aliphatic heterocycles. The van der Waals surface area contributed by atoms with Gasteiger partial charge in [-0.1, -0.05) is 37.3 Å². The van der Waals surface area contributed by atoms with Gasteiger partial charge in [0, 0.05) is 61.4 Å². The van der Waals surface area contributed by atoms with Crippen LogP contribution in [0.5, 0.6) is 0 Å². The molecule has 4 aliphatic rings. The summed E-state index contributed by atoms with van der Waals surface area (Å²) in [5.41, 5.74) is 2.45. The van der Waals surface area contributed by atoms with E-state index in [1.54, 1.807) is 6.20 Å². The molecule has 180 valence electrons. The molecule has 2 aromatic rings. The van der Waals surface area contributed by atoms with Crippen LogP contribution >= 0.6 is 0 Å². The van der Waals surface area contributed by atoms with Gasteiger partial charge in [-0.3, -0.25) is 14.6 Å². The van der Waals surface area contributed by atoms with E-state index in [2.05, 4.69) is 36.2 Å². The summed E-state index contributed by atoms with van der Waals surface area (Å²) < 4.78 is 12.5. The molecule has 6 rings (SSSR count). The Hall–Kier alpha value is -3.25. The van der Waals surface area contributed by atoms with E-state index in [-0.39, 0.29) is 53.7 Å². The predicted octanol–water partition coefficient (Wildman–Crippen LogP) is 4.40. The number of esters is 1. The van der Waals surface area contributed by atoms with Crippen LogP contribution in [-0.2, 0) is 19.1 Å². The van der Waals surface area contributed by atoms with Gasteiger partial charge in [-0.15, -0.1) is 0 Å². The third-order valence-electron chi connectivity index (χ3n) is 8.41. The van der Waals surface area contributed by atoms with E-state index >= 15 is 0 Å². The molecule has 2 heterocycles. The summed E-state index contributed by atoms with van der Waals surface area (Å²) in [6.45, 7) is 3.67. The van der Waals surface area contributed by atoms with E-state index in [1.165, 1.54) is 6.92 Å². The SMILES string of the molecule is CC(=O)O[C@@H]1C[C@H]2[C@@H]3OC4=C(C=C3C=C[C@]2(C)[C@H]1c1cccc2cnccc12)C(=O)CC(CO)C4. The molecule has 1 fully saturated rings. The number of benzene rings is 1. The maximum Gasteiger partial charge on any atom is 0.302 e. The lowest BCUT2D eigenvalue weighted by molar-refractivity contribution is -0.147. The van der Waals surface area contributed by atoms with Gasteiger partial charge in [0.15, 0.2) is 5.78 Å². The fraction of sp³-hybridized carbons (Fsp3) is 0.414. The van der Waals surface area contributed by atoms with Crippen molar-refractivity contribution in [2.75, 3.05) is 6.61 Å². The van der Waals surface area contributed by atoms with Crippen molar-refractivity contribution in [3.63, 3.8) is 0 Å². The van der Waals surface area contributed by atoms with Gasteiger partial charge in [0.2, 0.25) is 0 Å². The first-order valence-corrected chi connectivity index (χ1v) is 12.3. The number of nitrogens with zero attached hydrogens (tertiary/aromatic N) is 1. The summed E-state index contributed by atoms with van der Waals surface area (Å²) in [6, 6.07) is 8.25. The van der Waals surface area contributed by atoms with Crippen LogP contribution in [0.3, 0.4) is 0 Å². The van der Waals surface area contributed by atoms with Crippen LogP contribution < -0.4 is 0 Å². The molecule has 0 bridgehead atoms. The molecule has 6 nitrogen and oxygen atoms in total. The summed E-state index contributed by atoms with van der Waals surface area (Å²) in [7, 11) is 0. The van der Waals surface area contributed by atoms with Crippen molar-refractivity contribution in [1.29, 1.82) is 0 Å². The number of Topliss-reactive ketones (excluding diaryl/α,β-unsaturated/α-hetero) is 1. The number of aliphatic hydroxyl groups excluding tert-OH is 1. The van der Waals surface area contributed by atoms with Crippen molar-refractivity contribution in [3.8, 4) is 0 Å². The number of ether oxygens (including phenoxy) is 2. The highest BCUT2D eigenvalue weighted by Crippen LogP contribution is 2.61. The fourth-order valence-corrected chi connectivity index (χ4v) is 6.81. The molecule has 1 unspecified atom stereocenters. The van der Waals surface area contributed by atoms with Crippen LogP contribution in [0.1, 0.15) is 44.6 Å². The number of hydrogen-bond acceptors (Lipinski definition) is 6. The molecule has 1 aromatic heterocycles. The Kier molecular flexibility index (Phi) is 5.18. The monoisotopic (exact) mass is 471 g/mol. The molecule has 1 saturated carbocycles. The van der Waals surface area contributed by atoms with E-state index in [1.807, 2.05) is 24.4 Å². The molecule has 6 atom stereocenters. The number of aromatic nitrogens is 1. The van der Waals surface area contributed by atoms with Crippen LogP contribution in [0.25, 0.3) is 10.8 Å². The lowest BCUT2D eigenvalue weighted by Gasteiger charge is -2.44. The quantitative estimate of drug-likeness (QED) is 0.668. The second kappa shape index (κ2) is 8.16. The first-order chi connectivity index (χ1) is 16.9. The Morgan fingerprint density at radius 3 is 2.94 bits per heavy atom. The minimum atomic E-state index is -0.327. The standard InChI is InChI=1S/C29H29NO5/c1-16(32)34-26-13-23-28-18(12-22-24(33)10-17(15-31)11-25(22)35-28)6-8-29(23,2)27(26)21-5-3-4-19-14-30-9-7-20(19)21/h3-9,12,14,17,23,26-28,31H,10-11,13,15H2,1-2H3/t17?,23-,26+,27-,28+,29-/m0/s1. The molecule has 3 aliphatic carbocycles. The summed E-state index contributed by atoms with van der Waals surface area (Å²) in [5.74, 6) is 0.333. The van der Waals surface area contributed by atoms with Crippen LogP contribution in [-0.4, -0.2) is 40.7 Å². The molecule has 6 heteroatoms.